The number of H-pyrrole nitrogens is 1. The number of aryl methyl sites for hydroxylation is 1. The van der Waals surface area contributed by atoms with E-state index in [0.717, 1.165) is 11.4 Å². The summed E-state index contributed by atoms with van der Waals surface area (Å²) >= 11 is 0. The van der Waals surface area contributed by atoms with Gasteiger partial charge in [0.2, 0.25) is 0 Å². The van der Waals surface area contributed by atoms with Gasteiger partial charge in [0.25, 0.3) is 5.91 Å². The molecule has 0 spiro atoms. The van der Waals surface area contributed by atoms with Crippen LogP contribution >= 0.6 is 0 Å². The molecule has 3 rings (SSSR count). The molecule has 1 atom stereocenters. The van der Waals surface area contributed by atoms with Gasteiger partial charge >= 0.3 is 0 Å². The number of nitrogens with one attached hydrogen (secondary N) is 2. The SMILES string of the molecule is Cn1cc(C(=O)N[C@@H](Cc2ncc[nH]2)c2ccccc2)cn1. The van der Waals surface area contributed by atoms with Crippen molar-refractivity contribution >= 4 is 5.91 Å². The summed E-state index contributed by atoms with van der Waals surface area (Å²) in [5.74, 6) is 0.689. The Balaban J connectivity index is 1.80. The Morgan fingerprint density at radius 3 is 2.82 bits per heavy atom. The molecule has 0 saturated carbocycles. The quantitative estimate of drug-likeness (QED) is 0.754. The lowest BCUT2D eigenvalue weighted by Gasteiger charge is -2.18. The fourth-order valence-electron chi connectivity index (χ4n) is 2.32. The average molecular weight is 295 g/mol. The number of imidazole rings is 1. The molecular weight excluding hydrogens is 278 g/mol. The zero-order chi connectivity index (χ0) is 15.4. The van der Waals surface area contributed by atoms with Crippen LogP contribution in [0.1, 0.15) is 27.8 Å². The van der Waals surface area contributed by atoms with Gasteiger partial charge < -0.3 is 10.3 Å². The topological polar surface area (TPSA) is 75.6 Å². The number of rotatable bonds is 5. The fourth-order valence-corrected chi connectivity index (χ4v) is 2.32. The Kier molecular flexibility index (Phi) is 4.00. The van der Waals surface area contributed by atoms with E-state index >= 15 is 0 Å². The molecular formula is C16H17N5O. The van der Waals surface area contributed by atoms with Gasteiger partial charge in [0.15, 0.2) is 0 Å². The third-order valence-electron chi connectivity index (χ3n) is 3.43. The van der Waals surface area contributed by atoms with E-state index in [9.17, 15) is 4.79 Å². The minimum absolute atomic E-state index is 0.145. The smallest absolute Gasteiger partial charge is 0.254 e. The van der Waals surface area contributed by atoms with Gasteiger partial charge in [-0.1, -0.05) is 30.3 Å². The van der Waals surface area contributed by atoms with Crippen molar-refractivity contribution in [1.82, 2.24) is 25.1 Å². The minimum atomic E-state index is -0.153. The number of hydrogen-bond acceptors (Lipinski definition) is 3. The van der Waals surface area contributed by atoms with E-state index in [0.29, 0.717) is 12.0 Å². The molecule has 1 aromatic carbocycles. The summed E-state index contributed by atoms with van der Waals surface area (Å²) in [6.07, 6.45) is 7.35. The van der Waals surface area contributed by atoms with Gasteiger partial charge in [-0.25, -0.2) is 4.98 Å². The Bertz CT molecular complexity index is 733. The van der Waals surface area contributed by atoms with E-state index in [1.807, 2.05) is 30.3 Å². The van der Waals surface area contributed by atoms with Gasteiger partial charge in [0.05, 0.1) is 17.8 Å². The second kappa shape index (κ2) is 6.26. The molecule has 0 fully saturated rings. The Labute approximate surface area is 128 Å². The van der Waals surface area contributed by atoms with E-state index in [1.54, 1.807) is 36.5 Å². The lowest BCUT2D eigenvalue weighted by Crippen LogP contribution is -2.30. The molecule has 0 aliphatic carbocycles. The molecule has 0 aliphatic rings. The first kappa shape index (κ1) is 14.1. The largest absolute Gasteiger partial charge is 0.349 e. The zero-order valence-corrected chi connectivity index (χ0v) is 12.2. The lowest BCUT2D eigenvalue weighted by atomic mass is 10.0. The standard InChI is InChI=1S/C16H17N5O/c1-21-11-13(10-19-21)16(22)20-14(9-15-17-7-8-18-15)12-5-3-2-4-6-12/h2-8,10-11,14H,9H2,1H3,(H,17,18)(H,20,22)/t14-/m0/s1. The molecule has 0 aliphatic heterocycles. The van der Waals surface area contributed by atoms with Crippen LogP contribution in [0, 0.1) is 0 Å². The van der Waals surface area contributed by atoms with E-state index in [2.05, 4.69) is 20.4 Å². The second-order valence-electron chi connectivity index (χ2n) is 5.08. The predicted molar refractivity (Wildman–Crippen MR) is 82.1 cm³/mol. The summed E-state index contributed by atoms with van der Waals surface area (Å²) in [4.78, 5) is 19.7. The van der Waals surface area contributed by atoms with Crippen molar-refractivity contribution < 1.29 is 4.79 Å². The van der Waals surface area contributed by atoms with Crippen LogP contribution in [0.25, 0.3) is 0 Å². The van der Waals surface area contributed by atoms with Crippen LogP contribution in [0.2, 0.25) is 0 Å². The number of aromatic amines is 1. The summed E-state index contributed by atoms with van der Waals surface area (Å²) in [6, 6.07) is 9.71. The summed E-state index contributed by atoms with van der Waals surface area (Å²) in [5.41, 5.74) is 1.58. The highest BCUT2D eigenvalue weighted by molar-refractivity contribution is 5.93. The van der Waals surface area contributed by atoms with E-state index in [4.69, 9.17) is 0 Å². The highest BCUT2D eigenvalue weighted by atomic mass is 16.1. The number of aromatic nitrogens is 4. The molecule has 112 valence electrons. The number of amides is 1. The number of carbonyl (C=O) groups excluding carboxylic acids is 1. The summed E-state index contributed by atoms with van der Waals surface area (Å²) in [6.45, 7) is 0. The van der Waals surface area contributed by atoms with Gasteiger partial charge in [0.1, 0.15) is 5.82 Å². The molecule has 0 saturated heterocycles. The first-order valence-electron chi connectivity index (χ1n) is 7.05. The van der Waals surface area contributed by atoms with Crippen LogP contribution in [0.4, 0.5) is 0 Å². The maximum Gasteiger partial charge on any atom is 0.254 e. The van der Waals surface area contributed by atoms with Crippen molar-refractivity contribution in [2.24, 2.45) is 7.05 Å². The monoisotopic (exact) mass is 295 g/mol. The van der Waals surface area contributed by atoms with Crippen LogP contribution in [-0.2, 0) is 13.5 Å². The van der Waals surface area contributed by atoms with Crippen molar-refractivity contribution in [3.63, 3.8) is 0 Å². The maximum absolute atomic E-state index is 12.4. The van der Waals surface area contributed by atoms with Crippen molar-refractivity contribution in [1.29, 1.82) is 0 Å². The predicted octanol–water partition coefficient (Wildman–Crippen LogP) is 1.86. The van der Waals surface area contributed by atoms with Crippen molar-refractivity contribution in [3.05, 3.63) is 72.1 Å². The fraction of sp³-hybridized carbons (Fsp3) is 0.188. The molecule has 2 heterocycles. The van der Waals surface area contributed by atoms with Crippen molar-refractivity contribution in [2.75, 3.05) is 0 Å². The molecule has 0 bridgehead atoms. The molecule has 0 unspecified atom stereocenters. The average Bonchev–Trinajstić information content (AvgIpc) is 3.19. The second-order valence-corrected chi connectivity index (χ2v) is 5.08. The van der Waals surface area contributed by atoms with Crippen molar-refractivity contribution in [2.45, 2.75) is 12.5 Å². The summed E-state index contributed by atoms with van der Waals surface area (Å²) < 4.78 is 1.61. The summed E-state index contributed by atoms with van der Waals surface area (Å²) in [7, 11) is 1.79. The molecule has 2 aromatic heterocycles. The van der Waals surface area contributed by atoms with Crippen molar-refractivity contribution in [3.8, 4) is 0 Å². The highest BCUT2D eigenvalue weighted by Crippen LogP contribution is 2.17. The molecule has 0 radical (unpaired) electrons. The zero-order valence-electron chi connectivity index (χ0n) is 12.2. The van der Waals surface area contributed by atoms with E-state index < -0.39 is 0 Å². The van der Waals surface area contributed by atoms with Gasteiger partial charge in [-0.05, 0) is 5.56 Å². The minimum Gasteiger partial charge on any atom is -0.349 e. The maximum atomic E-state index is 12.4. The lowest BCUT2D eigenvalue weighted by molar-refractivity contribution is 0.0936. The van der Waals surface area contributed by atoms with Crippen LogP contribution < -0.4 is 5.32 Å². The normalized spacial score (nSPS) is 12.0. The molecule has 3 aromatic rings. The third-order valence-corrected chi connectivity index (χ3v) is 3.43. The summed E-state index contributed by atoms with van der Waals surface area (Å²) in [5, 5.41) is 7.08. The number of benzene rings is 1. The van der Waals surface area contributed by atoms with Gasteiger partial charge in [-0.2, -0.15) is 5.10 Å². The number of hydrogen-bond donors (Lipinski definition) is 2. The van der Waals surface area contributed by atoms with Gasteiger partial charge in [0, 0.05) is 32.1 Å². The third kappa shape index (κ3) is 3.22. The first-order valence-corrected chi connectivity index (χ1v) is 7.05. The highest BCUT2D eigenvalue weighted by Gasteiger charge is 2.18. The molecule has 6 nitrogen and oxygen atoms in total. The Morgan fingerprint density at radius 1 is 1.36 bits per heavy atom. The molecule has 2 N–H and O–H groups in total. The van der Waals surface area contributed by atoms with Crippen LogP contribution in [0.5, 0.6) is 0 Å². The van der Waals surface area contributed by atoms with E-state index in [1.165, 1.54) is 0 Å². The van der Waals surface area contributed by atoms with Crippen LogP contribution in [-0.4, -0.2) is 25.7 Å². The Morgan fingerprint density at radius 2 is 2.18 bits per heavy atom. The number of carbonyl (C=O) groups is 1. The molecule has 6 heteroatoms. The number of nitrogens with zero attached hydrogens (tertiary/aromatic N) is 3. The van der Waals surface area contributed by atoms with Gasteiger partial charge in [-0.3, -0.25) is 9.48 Å². The van der Waals surface area contributed by atoms with E-state index in [-0.39, 0.29) is 11.9 Å². The Hall–Kier alpha value is -2.89. The molecule has 1 amide bonds. The molecule has 22 heavy (non-hydrogen) atoms. The first-order chi connectivity index (χ1) is 10.7. The van der Waals surface area contributed by atoms with Crippen LogP contribution in [0.3, 0.4) is 0 Å². The van der Waals surface area contributed by atoms with Gasteiger partial charge in [-0.15, -0.1) is 0 Å². The van der Waals surface area contributed by atoms with Crippen LogP contribution in [0.15, 0.2) is 55.1 Å².